The summed E-state index contributed by atoms with van der Waals surface area (Å²) in [4.78, 5) is 3.77. The van der Waals surface area contributed by atoms with Crippen LogP contribution >= 0.6 is 27.5 Å². The molecule has 0 bridgehead atoms. The average Bonchev–Trinajstić information content (AvgIpc) is 2.27. The van der Waals surface area contributed by atoms with Crippen molar-refractivity contribution in [1.29, 1.82) is 0 Å². The second-order valence-corrected chi connectivity index (χ2v) is 4.29. The van der Waals surface area contributed by atoms with E-state index in [1.54, 1.807) is 18.2 Å². The summed E-state index contributed by atoms with van der Waals surface area (Å²) in [5.41, 5.74) is 0. The van der Waals surface area contributed by atoms with Crippen LogP contribution in [0.25, 0.3) is 0 Å². The van der Waals surface area contributed by atoms with Gasteiger partial charge in [-0.1, -0.05) is 27.5 Å². The summed E-state index contributed by atoms with van der Waals surface area (Å²) < 4.78 is 19.3. The SMILES string of the molecule is Fc1cccnc1Oc1cc(Br)ccc1Cl. The van der Waals surface area contributed by atoms with Crippen LogP contribution in [0.4, 0.5) is 4.39 Å². The lowest BCUT2D eigenvalue weighted by molar-refractivity contribution is 0.423. The molecular formula is C11H6BrClFNO. The third-order valence-electron chi connectivity index (χ3n) is 1.82. The molecule has 2 rings (SSSR count). The lowest BCUT2D eigenvalue weighted by Crippen LogP contribution is -1.91. The van der Waals surface area contributed by atoms with Gasteiger partial charge in [-0.05, 0) is 30.3 Å². The standard InChI is InChI=1S/C11H6BrClFNO/c12-7-3-4-8(13)10(6-7)16-11-9(14)2-1-5-15-11/h1-6H. The van der Waals surface area contributed by atoms with E-state index in [0.29, 0.717) is 10.8 Å². The number of hydrogen-bond donors (Lipinski definition) is 0. The quantitative estimate of drug-likeness (QED) is 0.819. The Morgan fingerprint density at radius 2 is 2.12 bits per heavy atom. The van der Waals surface area contributed by atoms with Crippen molar-refractivity contribution < 1.29 is 9.13 Å². The summed E-state index contributed by atoms with van der Waals surface area (Å²) in [7, 11) is 0. The van der Waals surface area contributed by atoms with E-state index in [4.69, 9.17) is 16.3 Å². The van der Waals surface area contributed by atoms with Crippen molar-refractivity contribution >= 4 is 27.5 Å². The fourth-order valence-corrected chi connectivity index (χ4v) is 1.60. The highest BCUT2D eigenvalue weighted by Gasteiger charge is 2.08. The zero-order chi connectivity index (χ0) is 11.5. The Bertz CT molecular complexity index is 521. The minimum Gasteiger partial charge on any atom is -0.435 e. The van der Waals surface area contributed by atoms with E-state index in [-0.39, 0.29) is 5.88 Å². The first kappa shape index (κ1) is 11.4. The Morgan fingerprint density at radius 3 is 2.88 bits per heavy atom. The average molecular weight is 303 g/mol. The van der Waals surface area contributed by atoms with Gasteiger partial charge in [0.25, 0.3) is 5.88 Å². The molecule has 2 aromatic rings. The number of halogens is 3. The zero-order valence-corrected chi connectivity index (χ0v) is 10.3. The van der Waals surface area contributed by atoms with Gasteiger partial charge >= 0.3 is 0 Å². The molecule has 0 saturated carbocycles. The third-order valence-corrected chi connectivity index (χ3v) is 2.63. The number of ether oxygens (including phenoxy) is 1. The van der Waals surface area contributed by atoms with E-state index in [0.717, 1.165) is 4.47 Å². The largest absolute Gasteiger partial charge is 0.435 e. The summed E-state index contributed by atoms with van der Waals surface area (Å²) in [6, 6.07) is 7.83. The maximum Gasteiger partial charge on any atom is 0.255 e. The first-order chi connectivity index (χ1) is 7.66. The lowest BCUT2D eigenvalue weighted by atomic mass is 10.3. The van der Waals surface area contributed by atoms with E-state index in [1.165, 1.54) is 18.3 Å². The third kappa shape index (κ3) is 2.51. The Morgan fingerprint density at radius 1 is 1.31 bits per heavy atom. The summed E-state index contributed by atoms with van der Waals surface area (Å²) in [5.74, 6) is -0.269. The van der Waals surface area contributed by atoms with Crippen LogP contribution in [0.1, 0.15) is 0 Å². The molecule has 16 heavy (non-hydrogen) atoms. The Labute approximate surface area is 105 Å². The molecule has 0 fully saturated rings. The molecule has 0 amide bonds. The van der Waals surface area contributed by atoms with Crippen LogP contribution in [0.3, 0.4) is 0 Å². The van der Waals surface area contributed by atoms with Crippen molar-refractivity contribution in [3.63, 3.8) is 0 Å². The van der Waals surface area contributed by atoms with Crippen molar-refractivity contribution in [3.8, 4) is 11.6 Å². The Kier molecular flexibility index (Phi) is 3.41. The number of aromatic nitrogens is 1. The van der Waals surface area contributed by atoms with Crippen LogP contribution in [-0.2, 0) is 0 Å². The lowest BCUT2D eigenvalue weighted by Gasteiger charge is -2.07. The molecule has 82 valence electrons. The van der Waals surface area contributed by atoms with Gasteiger partial charge in [0, 0.05) is 10.7 Å². The van der Waals surface area contributed by atoms with Gasteiger partial charge in [0.2, 0.25) is 0 Å². The molecule has 0 aliphatic rings. The molecule has 0 spiro atoms. The van der Waals surface area contributed by atoms with E-state index in [2.05, 4.69) is 20.9 Å². The number of hydrogen-bond acceptors (Lipinski definition) is 2. The van der Waals surface area contributed by atoms with E-state index in [9.17, 15) is 4.39 Å². The highest BCUT2D eigenvalue weighted by Crippen LogP contribution is 2.31. The molecule has 0 N–H and O–H groups in total. The maximum absolute atomic E-state index is 13.3. The van der Waals surface area contributed by atoms with Crippen LogP contribution in [0.2, 0.25) is 5.02 Å². The first-order valence-electron chi connectivity index (χ1n) is 4.40. The predicted molar refractivity (Wildman–Crippen MR) is 63.4 cm³/mol. The molecule has 5 heteroatoms. The summed E-state index contributed by atoms with van der Waals surface area (Å²) in [5, 5.41) is 0.397. The van der Waals surface area contributed by atoms with Crippen molar-refractivity contribution in [2.45, 2.75) is 0 Å². The zero-order valence-electron chi connectivity index (χ0n) is 7.95. The smallest absolute Gasteiger partial charge is 0.255 e. The number of benzene rings is 1. The van der Waals surface area contributed by atoms with Crippen molar-refractivity contribution in [2.75, 3.05) is 0 Å². The fourth-order valence-electron chi connectivity index (χ4n) is 1.11. The number of rotatable bonds is 2. The normalized spacial score (nSPS) is 10.2. The van der Waals surface area contributed by atoms with Crippen LogP contribution in [-0.4, -0.2) is 4.98 Å². The molecule has 0 aliphatic heterocycles. The van der Waals surface area contributed by atoms with Gasteiger partial charge in [-0.15, -0.1) is 0 Å². The Balaban J connectivity index is 2.34. The topological polar surface area (TPSA) is 22.1 Å². The Hall–Kier alpha value is -1.13. The van der Waals surface area contributed by atoms with Crippen molar-refractivity contribution in [3.05, 3.63) is 51.8 Å². The molecule has 0 saturated heterocycles. The van der Waals surface area contributed by atoms with Gasteiger partial charge in [0.15, 0.2) is 5.82 Å². The summed E-state index contributed by atoms with van der Waals surface area (Å²) in [6.07, 6.45) is 1.45. The van der Waals surface area contributed by atoms with Crippen LogP contribution in [0, 0.1) is 5.82 Å². The van der Waals surface area contributed by atoms with Crippen LogP contribution in [0.5, 0.6) is 11.6 Å². The molecule has 0 aliphatic carbocycles. The van der Waals surface area contributed by atoms with Crippen LogP contribution < -0.4 is 4.74 Å². The van der Waals surface area contributed by atoms with Gasteiger partial charge in [-0.25, -0.2) is 9.37 Å². The second kappa shape index (κ2) is 4.80. The van der Waals surface area contributed by atoms with Crippen molar-refractivity contribution in [1.82, 2.24) is 4.98 Å². The molecule has 0 atom stereocenters. The number of pyridine rings is 1. The number of nitrogens with zero attached hydrogens (tertiary/aromatic N) is 1. The highest BCUT2D eigenvalue weighted by atomic mass is 79.9. The molecule has 1 heterocycles. The molecule has 0 radical (unpaired) electrons. The maximum atomic E-state index is 13.3. The first-order valence-corrected chi connectivity index (χ1v) is 5.57. The monoisotopic (exact) mass is 301 g/mol. The molecule has 1 aromatic heterocycles. The van der Waals surface area contributed by atoms with Crippen LogP contribution in [0.15, 0.2) is 41.0 Å². The van der Waals surface area contributed by atoms with E-state index in [1.807, 2.05) is 0 Å². The molecule has 1 aromatic carbocycles. The van der Waals surface area contributed by atoms with Crippen molar-refractivity contribution in [2.24, 2.45) is 0 Å². The summed E-state index contributed by atoms with van der Waals surface area (Å²) in [6.45, 7) is 0. The van der Waals surface area contributed by atoms with Gasteiger partial charge in [-0.3, -0.25) is 0 Å². The minimum atomic E-state index is -0.529. The van der Waals surface area contributed by atoms with Gasteiger partial charge in [0.05, 0.1) is 5.02 Å². The highest BCUT2D eigenvalue weighted by molar-refractivity contribution is 9.10. The molecular weight excluding hydrogens is 296 g/mol. The van der Waals surface area contributed by atoms with Gasteiger partial charge in [-0.2, -0.15) is 0 Å². The molecule has 0 unspecified atom stereocenters. The summed E-state index contributed by atoms with van der Waals surface area (Å²) >= 11 is 9.18. The fraction of sp³-hybridized carbons (Fsp3) is 0. The van der Waals surface area contributed by atoms with E-state index < -0.39 is 5.82 Å². The second-order valence-electron chi connectivity index (χ2n) is 2.97. The van der Waals surface area contributed by atoms with Gasteiger partial charge in [0.1, 0.15) is 5.75 Å². The minimum absolute atomic E-state index is 0.0949. The molecule has 2 nitrogen and oxygen atoms in total. The van der Waals surface area contributed by atoms with E-state index >= 15 is 0 Å². The predicted octanol–water partition coefficient (Wildman–Crippen LogP) is 4.43. The van der Waals surface area contributed by atoms with Gasteiger partial charge < -0.3 is 4.74 Å².